The van der Waals surface area contributed by atoms with Crippen LogP contribution in [0.4, 0.5) is 5.69 Å². The second kappa shape index (κ2) is 6.63. The molecule has 8 nitrogen and oxygen atoms in total. The largest absolute Gasteiger partial charge is 0.495 e. The molecule has 0 aliphatic carbocycles. The number of carbonyl (C=O) groups is 1. The molecule has 0 aliphatic heterocycles. The zero-order chi connectivity index (χ0) is 17.1. The van der Waals surface area contributed by atoms with Gasteiger partial charge >= 0.3 is 5.76 Å². The van der Waals surface area contributed by atoms with Gasteiger partial charge in [-0.2, -0.15) is 4.68 Å². The number of rotatable bonds is 5. The third kappa shape index (κ3) is 3.33. The number of furan rings is 1. The van der Waals surface area contributed by atoms with E-state index < -0.39 is 11.7 Å². The molecule has 3 aromatic rings. The molecule has 0 bridgehead atoms. The number of amides is 1. The number of carbonyl (C=O) groups excluding carboxylic acids is 1. The Kier molecular flexibility index (Phi) is 4.39. The highest BCUT2D eigenvalue weighted by Gasteiger charge is 2.15. The van der Waals surface area contributed by atoms with Crippen LogP contribution in [0.5, 0.6) is 5.75 Å². The van der Waals surface area contributed by atoms with Gasteiger partial charge in [-0.15, -0.1) is 5.10 Å². The Morgan fingerprint density at radius 3 is 2.92 bits per heavy atom. The zero-order valence-electron chi connectivity index (χ0n) is 12.5. The molecule has 0 aliphatic rings. The molecule has 0 spiro atoms. The van der Waals surface area contributed by atoms with Gasteiger partial charge in [0, 0.05) is 5.69 Å². The van der Waals surface area contributed by atoms with Gasteiger partial charge in [0.15, 0.2) is 5.76 Å². The maximum atomic E-state index is 12.0. The van der Waals surface area contributed by atoms with Crippen LogP contribution in [0.2, 0.25) is 5.02 Å². The number of nitrogens with zero attached hydrogens (tertiary/aromatic N) is 2. The fourth-order valence-corrected chi connectivity index (χ4v) is 2.24. The summed E-state index contributed by atoms with van der Waals surface area (Å²) in [6.45, 7) is -0.313. The number of ether oxygens (including phenoxy) is 1. The van der Waals surface area contributed by atoms with Gasteiger partial charge in [-0.1, -0.05) is 11.6 Å². The van der Waals surface area contributed by atoms with Crippen molar-refractivity contribution >= 4 is 23.2 Å². The van der Waals surface area contributed by atoms with Crippen molar-refractivity contribution in [1.29, 1.82) is 0 Å². The number of benzene rings is 1. The molecule has 0 fully saturated rings. The Hall–Kier alpha value is -3.00. The van der Waals surface area contributed by atoms with E-state index >= 15 is 0 Å². The van der Waals surface area contributed by atoms with Crippen molar-refractivity contribution in [2.24, 2.45) is 0 Å². The first-order chi connectivity index (χ1) is 11.6. The summed E-state index contributed by atoms with van der Waals surface area (Å²) in [6, 6.07) is 8.01. The van der Waals surface area contributed by atoms with E-state index in [0.29, 0.717) is 22.2 Å². The van der Waals surface area contributed by atoms with Crippen molar-refractivity contribution in [1.82, 2.24) is 9.78 Å². The molecule has 2 aromatic heterocycles. The van der Waals surface area contributed by atoms with Crippen LogP contribution < -0.4 is 15.8 Å². The highest BCUT2D eigenvalue weighted by Crippen LogP contribution is 2.27. The van der Waals surface area contributed by atoms with Crippen LogP contribution >= 0.6 is 11.6 Å². The van der Waals surface area contributed by atoms with Crippen LogP contribution in [0.25, 0.3) is 11.7 Å². The summed E-state index contributed by atoms with van der Waals surface area (Å²) in [7, 11) is 1.49. The van der Waals surface area contributed by atoms with Crippen LogP contribution in [0.15, 0.2) is 50.2 Å². The lowest BCUT2D eigenvalue weighted by molar-refractivity contribution is -0.117. The number of aromatic nitrogens is 2. The lowest BCUT2D eigenvalue weighted by Crippen LogP contribution is -2.25. The summed E-state index contributed by atoms with van der Waals surface area (Å²) >= 11 is 5.99. The molecule has 9 heteroatoms. The van der Waals surface area contributed by atoms with Crippen LogP contribution in [-0.2, 0) is 11.3 Å². The third-order valence-corrected chi connectivity index (χ3v) is 3.36. The maximum absolute atomic E-state index is 12.0. The van der Waals surface area contributed by atoms with E-state index in [-0.39, 0.29) is 12.4 Å². The molecule has 0 saturated heterocycles. The van der Waals surface area contributed by atoms with E-state index in [4.69, 9.17) is 25.2 Å². The van der Waals surface area contributed by atoms with Crippen LogP contribution in [0, 0.1) is 0 Å². The quantitative estimate of drug-likeness (QED) is 0.759. The van der Waals surface area contributed by atoms with Gasteiger partial charge < -0.3 is 18.9 Å². The average Bonchev–Trinajstić information content (AvgIpc) is 3.18. The van der Waals surface area contributed by atoms with Gasteiger partial charge in [0.25, 0.3) is 5.89 Å². The molecule has 124 valence electrons. The molecular weight excluding hydrogens is 338 g/mol. The predicted molar refractivity (Wildman–Crippen MR) is 85.1 cm³/mol. The van der Waals surface area contributed by atoms with E-state index in [1.54, 1.807) is 24.3 Å². The van der Waals surface area contributed by atoms with Gasteiger partial charge in [-0.3, -0.25) is 4.79 Å². The summed E-state index contributed by atoms with van der Waals surface area (Å²) in [6.07, 6.45) is 1.43. The number of hydrogen-bond donors (Lipinski definition) is 1. The summed E-state index contributed by atoms with van der Waals surface area (Å²) in [4.78, 5) is 23.8. The van der Waals surface area contributed by atoms with Crippen LogP contribution in [-0.4, -0.2) is 22.8 Å². The molecule has 0 saturated carbocycles. The Morgan fingerprint density at radius 2 is 2.25 bits per heavy atom. The summed E-state index contributed by atoms with van der Waals surface area (Å²) in [5.41, 5.74) is 0.466. The highest BCUT2D eigenvalue weighted by atomic mass is 35.5. The molecule has 0 atom stereocenters. The first-order valence-corrected chi connectivity index (χ1v) is 7.20. The molecule has 1 N–H and O–H groups in total. The molecule has 24 heavy (non-hydrogen) atoms. The molecule has 1 aromatic carbocycles. The smallest absolute Gasteiger partial charge is 0.437 e. The van der Waals surface area contributed by atoms with Crippen molar-refractivity contribution in [2.45, 2.75) is 6.54 Å². The summed E-state index contributed by atoms with van der Waals surface area (Å²) in [5.74, 6) is -0.425. The van der Waals surface area contributed by atoms with E-state index in [2.05, 4.69) is 10.4 Å². The molecule has 0 unspecified atom stereocenters. The van der Waals surface area contributed by atoms with Gasteiger partial charge in [-0.25, -0.2) is 4.79 Å². The Bertz CT molecular complexity index is 914. The minimum Gasteiger partial charge on any atom is -0.495 e. The maximum Gasteiger partial charge on any atom is 0.437 e. The summed E-state index contributed by atoms with van der Waals surface area (Å²) < 4.78 is 16.0. The number of anilines is 1. The summed E-state index contributed by atoms with van der Waals surface area (Å²) in [5, 5.41) is 6.88. The van der Waals surface area contributed by atoms with Crippen LogP contribution in [0.1, 0.15) is 0 Å². The first kappa shape index (κ1) is 15.9. The zero-order valence-corrected chi connectivity index (χ0v) is 13.2. The topological polar surface area (TPSA) is 99.5 Å². The lowest BCUT2D eigenvalue weighted by atomic mass is 10.3. The second-order valence-corrected chi connectivity index (χ2v) is 5.11. The monoisotopic (exact) mass is 349 g/mol. The lowest BCUT2D eigenvalue weighted by Gasteiger charge is -2.07. The van der Waals surface area contributed by atoms with E-state index in [1.807, 2.05) is 0 Å². The molecule has 2 heterocycles. The highest BCUT2D eigenvalue weighted by molar-refractivity contribution is 6.32. The normalized spacial score (nSPS) is 10.6. The Labute approximate surface area is 140 Å². The number of hydrogen-bond acceptors (Lipinski definition) is 6. The average molecular weight is 350 g/mol. The second-order valence-electron chi connectivity index (χ2n) is 4.71. The minimum atomic E-state index is -0.760. The third-order valence-electron chi connectivity index (χ3n) is 3.07. The van der Waals surface area contributed by atoms with Gasteiger partial charge in [0.05, 0.1) is 18.4 Å². The van der Waals surface area contributed by atoms with Gasteiger partial charge in [-0.05, 0) is 30.3 Å². The molecule has 1 amide bonds. The predicted octanol–water partition coefficient (Wildman–Crippen LogP) is 2.40. The van der Waals surface area contributed by atoms with Crippen molar-refractivity contribution in [3.63, 3.8) is 0 Å². The fraction of sp³-hybridized carbons (Fsp3) is 0.133. The van der Waals surface area contributed by atoms with Crippen molar-refractivity contribution < 1.29 is 18.4 Å². The van der Waals surface area contributed by atoms with Crippen molar-refractivity contribution in [3.8, 4) is 17.4 Å². The van der Waals surface area contributed by atoms with E-state index in [9.17, 15) is 9.59 Å². The molecular formula is C15H12ClN3O5. The van der Waals surface area contributed by atoms with Gasteiger partial charge in [0.2, 0.25) is 5.91 Å². The number of methoxy groups -OCH3 is 1. The molecule has 0 radical (unpaired) electrons. The Morgan fingerprint density at radius 1 is 1.42 bits per heavy atom. The van der Waals surface area contributed by atoms with Crippen molar-refractivity contribution in [3.05, 3.63) is 52.2 Å². The van der Waals surface area contributed by atoms with Gasteiger partial charge in [0.1, 0.15) is 12.3 Å². The standard InChI is InChI=1S/C15H12ClN3O5/c1-22-11-5-4-9(7-10(11)16)17-13(20)8-19-15(21)24-14(18-19)12-3-2-6-23-12/h2-7H,8H2,1H3,(H,17,20). The van der Waals surface area contributed by atoms with E-state index in [1.165, 1.54) is 19.4 Å². The SMILES string of the molecule is COc1ccc(NC(=O)Cn2nc(-c3ccco3)oc2=O)cc1Cl. The van der Waals surface area contributed by atoms with Crippen LogP contribution in [0.3, 0.4) is 0 Å². The van der Waals surface area contributed by atoms with E-state index in [0.717, 1.165) is 4.68 Å². The Balaban J connectivity index is 1.71. The minimum absolute atomic E-state index is 0.00490. The first-order valence-electron chi connectivity index (χ1n) is 6.82. The molecule has 3 rings (SSSR count). The fourth-order valence-electron chi connectivity index (χ4n) is 1.99. The number of nitrogens with one attached hydrogen (secondary N) is 1. The number of halogens is 1. The van der Waals surface area contributed by atoms with Crippen molar-refractivity contribution in [2.75, 3.05) is 12.4 Å².